The summed E-state index contributed by atoms with van der Waals surface area (Å²) in [7, 11) is 0. The van der Waals surface area contributed by atoms with Crippen molar-refractivity contribution in [1.82, 2.24) is 0 Å². The van der Waals surface area contributed by atoms with Crippen LogP contribution in [-0.2, 0) is 0 Å². The SMILES string of the molecule is O=Cc1cc(F)c(Oc2ccc(F)c(Br)c2)c(F)c1. The van der Waals surface area contributed by atoms with Gasteiger partial charge in [0.15, 0.2) is 17.4 Å². The Bertz CT molecular complexity index is 621. The normalized spacial score (nSPS) is 10.3. The molecule has 98 valence electrons. The fourth-order valence-electron chi connectivity index (χ4n) is 1.40. The zero-order valence-electron chi connectivity index (χ0n) is 9.29. The van der Waals surface area contributed by atoms with Gasteiger partial charge in [-0.1, -0.05) is 0 Å². The molecule has 19 heavy (non-hydrogen) atoms. The van der Waals surface area contributed by atoms with Gasteiger partial charge < -0.3 is 4.74 Å². The van der Waals surface area contributed by atoms with Crippen LogP contribution in [0.3, 0.4) is 0 Å². The quantitative estimate of drug-likeness (QED) is 0.776. The Morgan fingerprint density at radius 2 is 1.63 bits per heavy atom. The molecule has 0 heterocycles. The number of aldehydes is 1. The minimum absolute atomic E-state index is 0.0601. The summed E-state index contributed by atoms with van der Waals surface area (Å²) in [6, 6.07) is 5.26. The fraction of sp³-hybridized carbons (Fsp3) is 0. The van der Waals surface area contributed by atoms with Gasteiger partial charge in [-0.2, -0.15) is 0 Å². The van der Waals surface area contributed by atoms with Gasteiger partial charge in [0.2, 0.25) is 0 Å². The van der Waals surface area contributed by atoms with E-state index in [-0.39, 0.29) is 15.8 Å². The standard InChI is InChI=1S/C13H6BrF3O2/c14-9-5-8(1-2-10(9)15)19-13-11(16)3-7(6-18)4-12(13)17/h1-6H. The van der Waals surface area contributed by atoms with Crippen LogP contribution in [0.5, 0.6) is 11.5 Å². The van der Waals surface area contributed by atoms with Crippen LogP contribution in [0.25, 0.3) is 0 Å². The highest BCUT2D eigenvalue weighted by Crippen LogP contribution is 2.30. The topological polar surface area (TPSA) is 26.3 Å². The second kappa shape index (κ2) is 5.44. The van der Waals surface area contributed by atoms with E-state index in [1.54, 1.807) is 0 Å². The number of ether oxygens (including phenoxy) is 1. The molecule has 0 unspecified atom stereocenters. The van der Waals surface area contributed by atoms with Gasteiger partial charge in [-0.05, 0) is 46.3 Å². The summed E-state index contributed by atoms with van der Waals surface area (Å²) < 4.78 is 45.2. The average molecular weight is 331 g/mol. The third-order valence-electron chi connectivity index (χ3n) is 2.27. The van der Waals surface area contributed by atoms with Crippen LogP contribution in [0.1, 0.15) is 10.4 Å². The lowest BCUT2D eigenvalue weighted by molar-refractivity contribution is 0.112. The van der Waals surface area contributed by atoms with Gasteiger partial charge >= 0.3 is 0 Å². The molecule has 2 rings (SSSR count). The molecule has 2 aromatic carbocycles. The summed E-state index contributed by atoms with van der Waals surface area (Å²) >= 11 is 2.93. The first-order valence-electron chi connectivity index (χ1n) is 5.08. The van der Waals surface area contributed by atoms with Crippen molar-refractivity contribution in [1.29, 1.82) is 0 Å². The van der Waals surface area contributed by atoms with E-state index in [4.69, 9.17) is 4.74 Å². The Hall–Kier alpha value is -1.82. The predicted octanol–water partition coefficient (Wildman–Crippen LogP) is 4.47. The zero-order valence-corrected chi connectivity index (χ0v) is 10.9. The Kier molecular flexibility index (Phi) is 3.90. The van der Waals surface area contributed by atoms with E-state index in [0.717, 1.165) is 18.2 Å². The molecule has 0 amide bonds. The number of hydrogen-bond donors (Lipinski definition) is 0. The second-order valence-electron chi connectivity index (χ2n) is 3.61. The first-order valence-corrected chi connectivity index (χ1v) is 5.87. The summed E-state index contributed by atoms with van der Waals surface area (Å²) in [5.41, 5.74) is -0.136. The van der Waals surface area contributed by atoms with E-state index in [0.29, 0.717) is 6.29 Å². The van der Waals surface area contributed by atoms with Crippen LogP contribution in [0.15, 0.2) is 34.8 Å². The van der Waals surface area contributed by atoms with Gasteiger partial charge in [0.05, 0.1) is 4.47 Å². The minimum Gasteiger partial charge on any atom is -0.451 e. The molecule has 2 aromatic rings. The summed E-state index contributed by atoms with van der Waals surface area (Å²) in [5, 5.41) is 0. The second-order valence-corrected chi connectivity index (χ2v) is 4.46. The molecule has 0 atom stereocenters. The van der Waals surface area contributed by atoms with Crippen molar-refractivity contribution in [3.8, 4) is 11.5 Å². The Morgan fingerprint density at radius 1 is 1.00 bits per heavy atom. The number of hydrogen-bond acceptors (Lipinski definition) is 2. The number of rotatable bonds is 3. The Balaban J connectivity index is 2.38. The average Bonchev–Trinajstić information content (AvgIpc) is 2.37. The van der Waals surface area contributed by atoms with Crippen molar-refractivity contribution in [3.63, 3.8) is 0 Å². The summed E-state index contributed by atoms with van der Waals surface area (Å²) in [6.45, 7) is 0. The third-order valence-corrected chi connectivity index (χ3v) is 2.88. The van der Waals surface area contributed by atoms with Crippen molar-refractivity contribution in [2.24, 2.45) is 0 Å². The highest BCUT2D eigenvalue weighted by atomic mass is 79.9. The molecule has 0 fully saturated rings. The smallest absolute Gasteiger partial charge is 0.198 e. The minimum atomic E-state index is -1.01. The van der Waals surface area contributed by atoms with Gasteiger partial charge in [-0.25, -0.2) is 13.2 Å². The molecule has 0 aliphatic heterocycles. The molecule has 0 saturated heterocycles. The van der Waals surface area contributed by atoms with Crippen LogP contribution < -0.4 is 4.74 Å². The van der Waals surface area contributed by atoms with Gasteiger partial charge in [0.25, 0.3) is 0 Å². The Labute approximate surface area is 114 Å². The van der Waals surface area contributed by atoms with Gasteiger partial charge in [0, 0.05) is 5.56 Å². The van der Waals surface area contributed by atoms with E-state index >= 15 is 0 Å². The largest absolute Gasteiger partial charge is 0.451 e. The van der Waals surface area contributed by atoms with E-state index in [1.165, 1.54) is 12.1 Å². The van der Waals surface area contributed by atoms with Gasteiger partial charge in [-0.15, -0.1) is 0 Å². The van der Waals surface area contributed by atoms with E-state index in [2.05, 4.69) is 15.9 Å². The maximum Gasteiger partial charge on any atom is 0.198 e. The van der Waals surface area contributed by atoms with Crippen LogP contribution in [-0.4, -0.2) is 6.29 Å². The van der Waals surface area contributed by atoms with Gasteiger partial charge in [0.1, 0.15) is 17.9 Å². The lowest BCUT2D eigenvalue weighted by atomic mass is 10.2. The predicted molar refractivity (Wildman–Crippen MR) is 65.9 cm³/mol. The molecular formula is C13H6BrF3O2. The summed E-state index contributed by atoms with van der Waals surface area (Å²) in [5.74, 6) is -3.14. The third kappa shape index (κ3) is 2.96. The number of carbonyl (C=O) groups excluding carboxylic acids is 1. The molecule has 6 heteroatoms. The molecule has 2 nitrogen and oxygen atoms in total. The van der Waals surface area contributed by atoms with E-state index in [9.17, 15) is 18.0 Å². The van der Waals surface area contributed by atoms with Crippen LogP contribution in [0.2, 0.25) is 0 Å². The number of carbonyl (C=O) groups is 1. The Morgan fingerprint density at radius 3 is 2.16 bits per heavy atom. The summed E-state index contributed by atoms with van der Waals surface area (Å²) in [4.78, 5) is 10.4. The van der Waals surface area contributed by atoms with Crippen molar-refractivity contribution in [2.75, 3.05) is 0 Å². The fourth-order valence-corrected chi connectivity index (χ4v) is 1.76. The van der Waals surface area contributed by atoms with Crippen LogP contribution in [0.4, 0.5) is 13.2 Å². The monoisotopic (exact) mass is 330 g/mol. The molecule has 0 N–H and O–H groups in total. The highest BCUT2D eigenvalue weighted by Gasteiger charge is 2.14. The summed E-state index contributed by atoms with van der Waals surface area (Å²) in [6.07, 6.45) is 0.324. The van der Waals surface area contributed by atoms with Crippen molar-refractivity contribution >= 4 is 22.2 Å². The number of benzene rings is 2. The van der Waals surface area contributed by atoms with Crippen molar-refractivity contribution < 1.29 is 22.7 Å². The molecule has 0 aliphatic rings. The molecule has 0 aliphatic carbocycles. The molecular weight excluding hydrogens is 325 g/mol. The lowest BCUT2D eigenvalue weighted by Gasteiger charge is -2.09. The first-order chi connectivity index (χ1) is 9.01. The van der Waals surface area contributed by atoms with Crippen LogP contribution >= 0.6 is 15.9 Å². The molecule has 0 aromatic heterocycles. The zero-order chi connectivity index (χ0) is 14.0. The van der Waals surface area contributed by atoms with Crippen LogP contribution in [0, 0.1) is 17.5 Å². The first kappa shape index (κ1) is 13.6. The van der Waals surface area contributed by atoms with Crippen molar-refractivity contribution in [3.05, 3.63) is 57.8 Å². The molecule has 0 radical (unpaired) electrons. The lowest BCUT2D eigenvalue weighted by Crippen LogP contribution is -1.95. The maximum absolute atomic E-state index is 13.6. The molecule has 0 bridgehead atoms. The van der Waals surface area contributed by atoms with E-state index < -0.39 is 23.2 Å². The molecule has 0 saturated carbocycles. The number of halogens is 4. The molecule has 0 spiro atoms. The van der Waals surface area contributed by atoms with E-state index in [1.807, 2.05) is 0 Å². The maximum atomic E-state index is 13.6. The van der Waals surface area contributed by atoms with Crippen molar-refractivity contribution in [2.45, 2.75) is 0 Å². The van der Waals surface area contributed by atoms with Gasteiger partial charge in [-0.3, -0.25) is 4.79 Å². The highest BCUT2D eigenvalue weighted by molar-refractivity contribution is 9.10.